The maximum atomic E-state index is 11.8. The van der Waals surface area contributed by atoms with Crippen LogP contribution in [0.25, 0.3) is 5.69 Å². The van der Waals surface area contributed by atoms with Crippen LogP contribution in [0.15, 0.2) is 91.3 Å². The first-order valence-electron chi connectivity index (χ1n) is 11.3. The molecular weight excluding hydrogens is 480 g/mol. The third kappa shape index (κ3) is 5.27. The second-order valence-corrected chi connectivity index (χ2v) is 9.28. The first-order valence-corrected chi connectivity index (χ1v) is 12.5. The highest BCUT2D eigenvalue weighted by Crippen LogP contribution is 2.33. The van der Waals surface area contributed by atoms with Crippen LogP contribution in [-0.2, 0) is 16.8 Å². The van der Waals surface area contributed by atoms with Crippen molar-refractivity contribution in [2.45, 2.75) is 11.9 Å². The van der Waals surface area contributed by atoms with Crippen LogP contribution in [0, 0.1) is 0 Å². The minimum atomic E-state index is -2.12. The van der Waals surface area contributed by atoms with E-state index in [1.165, 1.54) is 0 Å². The lowest BCUT2D eigenvalue weighted by molar-refractivity contribution is 0.0697. The Kier molecular flexibility index (Phi) is 6.75. The highest BCUT2D eigenvalue weighted by molar-refractivity contribution is 7.78. The van der Waals surface area contributed by atoms with Crippen LogP contribution in [0.1, 0.15) is 15.9 Å². The number of para-hydroxylation sites is 1. The molecule has 8 nitrogen and oxygen atoms in total. The zero-order chi connectivity index (χ0) is 25.1. The van der Waals surface area contributed by atoms with Gasteiger partial charge in [0.15, 0.2) is 0 Å². The van der Waals surface area contributed by atoms with Gasteiger partial charge in [-0.05, 0) is 66.2 Å². The summed E-state index contributed by atoms with van der Waals surface area (Å²) in [5.41, 5.74) is 2.44. The highest BCUT2D eigenvalue weighted by atomic mass is 32.2. The molecule has 0 bridgehead atoms. The van der Waals surface area contributed by atoms with Crippen molar-refractivity contribution in [3.63, 3.8) is 0 Å². The Morgan fingerprint density at radius 2 is 1.53 bits per heavy atom. The van der Waals surface area contributed by atoms with Crippen molar-refractivity contribution in [1.29, 1.82) is 0 Å². The standard InChI is InChI=1S/C27H24N2O6S/c30-27(31)24-4-3-5-25(26(24)28-14-1-2-15-28)29-16-23(17-29)35-22-12-10-21(11-13-22)34-20-8-6-19(7-9-20)18-36(32)33/h1-15,23H,16-18H2,(H,30,31)(H,32,33)/p-1. The fourth-order valence-electron chi connectivity index (χ4n) is 4.13. The van der Waals surface area contributed by atoms with Gasteiger partial charge in [-0.2, -0.15) is 0 Å². The monoisotopic (exact) mass is 503 g/mol. The van der Waals surface area contributed by atoms with E-state index in [1.54, 1.807) is 36.4 Å². The van der Waals surface area contributed by atoms with Gasteiger partial charge in [-0.15, -0.1) is 0 Å². The molecule has 0 aliphatic carbocycles. The topological polar surface area (TPSA) is 104 Å². The quantitative estimate of drug-likeness (QED) is 0.333. The van der Waals surface area contributed by atoms with Gasteiger partial charge in [0.25, 0.3) is 0 Å². The summed E-state index contributed by atoms with van der Waals surface area (Å²) in [7, 11) is 0. The van der Waals surface area contributed by atoms with E-state index in [4.69, 9.17) is 9.47 Å². The second-order valence-electron chi connectivity index (χ2n) is 8.38. The van der Waals surface area contributed by atoms with Gasteiger partial charge in [-0.1, -0.05) is 29.3 Å². The van der Waals surface area contributed by atoms with Gasteiger partial charge in [0.05, 0.1) is 30.0 Å². The summed E-state index contributed by atoms with van der Waals surface area (Å²) in [6.45, 7) is 1.27. The van der Waals surface area contributed by atoms with Crippen molar-refractivity contribution in [2.75, 3.05) is 18.0 Å². The SMILES string of the molecule is O=C(O)c1cccc(N2CC(Oc3ccc(Oc4ccc(CS(=O)[O-])cc4)cc3)C2)c1-n1cccc1. The Labute approximate surface area is 210 Å². The fourth-order valence-corrected chi connectivity index (χ4v) is 4.59. The number of aromatic carboxylic acids is 1. The first-order chi connectivity index (χ1) is 17.5. The molecule has 1 unspecified atom stereocenters. The number of benzene rings is 3. The number of aromatic nitrogens is 1. The molecule has 1 N–H and O–H groups in total. The van der Waals surface area contributed by atoms with E-state index in [0.29, 0.717) is 41.6 Å². The predicted molar refractivity (Wildman–Crippen MR) is 135 cm³/mol. The van der Waals surface area contributed by atoms with Crippen LogP contribution >= 0.6 is 0 Å². The summed E-state index contributed by atoms with van der Waals surface area (Å²) < 4.78 is 35.3. The molecule has 0 spiro atoms. The van der Waals surface area contributed by atoms with Crippen LogP contribution in [-0.4, -0.2) is 43.6 Å². The van der Waals surface area contributed by atoms with Gasteiger partial charge in [-0.3, -0.25) is 4.21 Å². The van der Waals surface area contributed by atoms with Crippen molar-refractivity contribution in [3.8, 4) is 22.9 Å². The minimum Gasteiger partial charge on any atom is -0.772 e. The first kappa shape index (κ1) is 23.7. The maximum absolute atomic E-state index is 11.8. The average Bonchev–Trinajstić information content (AvgIpc) is 3.37. The number of hydrogen-bond acceptors (Lipinski definition) is 6. The van der Waals surface area contributed by atoms with Crippen molar-refractivity contribution >= 4 is 22.7 Å². The number of carboxylic acids is 1. The molecule has 4 aromatic rings. The zero-order valence-corrected chi connectivity index (χ0v) is 20.0. The van der Waals surface area contributed by atoms with Crippen molar-refractivity contribution in [1.82, 2.24) is 4.57 Å². The zero-order valence-electron chi connectivity index (χ0n) is 19.2. The third-order valence-corrected chi connectivity index (χ3v) is 6.44. The molecule has 5 rings (SSSR count). The van der Waals surface area contributed by atoms with Gasteiger partial charge >= 0.3 is 5.97 Å². The second kappa shape index (κ2) is 10.3. The Hall–Kier alpha value is -4.08. The molecule has 1 aliphatic heterocycles. The van der Waals surface area contributed by atoms with Gasteiger partial charge in [0, 0.05) is 18.1 Å². The van der Waals surface area contributed by atoms with Gasteiger partial charge in [0.1, 0.15) is 23.4 Å². The Morgan fingerprint density at radius 3 is 2.14 bits per heavy atom. The summed E-state index contributed by atoms with van der Waals surface area (Å²) >= 11 is -2.12. The minimum absolute atomic E-state index is 0.0242. The molecule has 1 aliphatic rings. The van der Waals surface area contributed by atoms with E-state index in [1.807, 2.05) is 59.4 Å². The van der Waals surface area contributed by atoms with Crippen LogP contribution in [0.5, 0.6) is 17.2 Å². The molecule has 9 heteroatoms. The normalized spacial score (nSPS) is 14.2. The number of anilines is 1. The number of hydrogen-bond donors (Lipinski definition) is 1. The van der Waals surface area contributed by atoms with E-state index < -0.39 is 17.0 Å². The molecule has 0 amide bonds. The predicted octanol–water partition coefficient (Wildman–Crippen LogP) is 4.61. The largest absolute Gasteiger partial charge is 0.772 e. The number of ether oxygens (including phenoxy) is 2. The Balaban J connectivity index is 1.20. The molecule has 184 valence electrons. The van der Waals surface area contributed by atoms with E-state index in [0.717, 1.165) is 5.69 Å². The van der Waals surface area contributed by atoms with Gasteiger partial charge in [-0.25, -0.2) is 4.79 Å². The molecule has 3 aromatic carbocycles. The van der Waals surface area contributed by atoms with Crippen LogP contribution in [0.3, 0.4) is 0 Å². The number of carboxylic acid groups (broad SMARTS) is 1. The Morgan fingerprint density at radius 1 is 0.917 bits per heavy atom. The summed E-state index contributed by atoms with van der Waals surface area (Å²) in [6.07, 6.45) is 3.65. The molecule has 0 radical (unpaired) electrons. The summed E-state index contributed by atoms with van der Waals surface area (Å²) in [4.78, 5) is 13.9. The molecule has 1 atom stereocenters. The molecular formula is C27H23N2O6S-. The maximum Gasteiger partial charge on any atom is 0.337 e. The van der Waals surface area contributed by atoms with Crippen molar-refractivity contribution in [2.24, 2.45) is 0 Å². The van der Waals surface area contributed by atoms with Crippen molar-refractivity contribution < 1.29 is 28.1 Å². The summed E-state index contributed by atoms with van der Waals surface area (Å²) in [6, 6.07) is 23.2. The number of nitrogens with zero attached hydrogens (tertiary/aromatic N) is 2. The molecule has 0 saturated carbocycles. The van der Waals surface area contributed by atoms with E-state index >= 15 is 0 Å². The molecule has 1 fully saturated rings. The Bertz CT molecular complexity index is 1360. The lowest BCUT2D eigenvalue weighted by Gasteiger charge is -2.41. The van der Waals surface area contributed by atoms with E-state index in [9.17, 15) is 18.7 Å². The molecule has 2 heterocycles. The smallest absolute Gasteiger partial charge is 0.337 e. The van der Waals surface area contributed by atoms with Crippen LogP contribution in [0.4, 0.5) is 5.69 Å². The van der Waals surface area contributed by atoms with Crippen LogP contribution < -0.4 is 14.4 Å². The fraction of sp³-hybridized carbons (Fsp3) is 0.148. The molecule has 36 heavy (non-hydrogen) atoms. The highest BCUT2D eigenvalue weighted by Gasteiger charge is 2.31. The third-order valence-electron chi connectivity index (χ3n) is 5.87. The number of carbonyl (C=O) groups is 1. The summed E-state index contributed by atoms with van der Waals surface area (Å²) in [5, 5.41) is 9.68. The van der Waals surface area contributed by atoms with E-state index in [-0.39, 0.29) is 17.4 Å². The average molecular weight is 504 g/mol. The van der Waals surface area contributed by atoms with Crippen LogP contribution in [0.2, 0.25) is 0 Å². The van der Waals surface area contributed by atoms with Gasteiger partial charge in [0.2, 0.25) is 0 Å². The van der Waals surface area contributed by atoms with E-state index in [2.05, 4.69) is 4.90 Å². The number of rotatable bonds is 9. The molecule has 1 saturated heterocycles. The summed E-state index contributed by atoms with van der Waals surface area (Å²) in [5.74, 6) is 0.973. The van der Waals surface area contributed by atoms with Gasteiger partial charge < -0.3 is 28.6 Å². The lowest BCUT2D eigenvalue weighted by atomic mass is 10.1. The lowest BCUT2D eigenvalue weighted by Crippen LogP contribution is -2.54. The van der Waals surface area contributed by atoms with Crippen molar-refractivity contribution in [3.05, 3.63) is 102 Å². The molecule has 1 aromatic heterocycles.